The maximum Gasteiger partial charge on any atom is 0.472 e. The summed E-state index contributed by atoms with van der Waals surface area (Å²) in [5.74, 6) is -2.57. The van der Waals surface area contributed by atoms with Crippen molar-refractivity contribution in [3.8, 4) is 0 Å². The molecule has 0 spiro atoms. The van der Waals surface area contributed by atoms with E-state index in [2.05, 4.69) is 141 Å². The number of phosphoric acid groups is 1. The van der Waals surface area contributed by atoms with Crippen molar-refractivity contribution < 1.29 is 47.8 Å². The van der Waals surface area contributed by atoms with Gasteiger partial charge in [0, 0.05) is 6.42 Å². The number of hydrogen-bond donors (Lipinski definition) is 4. The van der Waals surface area contributed by atoms with E-state index in [9.17, 15) is 34.1 Å². The van der Waals surface area contributed by atoms with Crippen LogP contribution in [0.25, 0.3) is 0 Å². The zero-order valence-corrected chi connectivity index (χ0v) is 40.8. The minimum Gasteiger partial charge on any atom is -0.480 e. The molecular formula is C54H82NO10P. The number of allylic oxidation sites excluding steroid dienone is 23. The first-order valence-electron chi connectivity index (χ1n) is 23.9. The van der Waals surface area contributed by atoms with Gasteiger partial charge < -0.3 is 25.2 Å². The lowest BCUT2D eigenvalue weighted by atomic mass is 10.1. The average Bonchev–Trinajstić information content (AvgIpc) is 3.29. The molecule has 0 rings (SSSR count). The van der Waals surface area contributed by atoms with E-state index in [-0.39, 0.29) is 12.8 Å². The predicted molar refractivity (Wildman–Crippen MR) is 272 cm³/mol. The van der Waals surface area contributed by atoms with Gasteiger partial charge >= 0.3 is 19.8 Å². The highest BCUT2D eigenvalue weighted by Gasteiger charge is 2.28. The molecule has 0 saturated carbocycles. The number of aliphatic carboxylic acids is 1. The Bertz CT molecular complexity index is 1660. The van der Waals surface area contributed by atoms with Crippen molar-refractivity contribution in [1.82, 2.24) is 5.32 Å². The fourth-order valence-corrected chi connectivity index (χ4v) is 6.32. The van der Waals surface area contributed by atoms with Gasteiger partial charge in [0.2, 0.25) is 5.91 Å². The van der Waals surface area contributed by atoms with Gasteiger partial charge in [-0.25, -0.2) is 9.36 Å². The molecule has 11 nitrogen and oxygen atoms in total. The number of unbranched alkanes of at least 4 members (excludes halogenated alkanes) is 5. The second kappa shape index (κ2) is 46.9. The third kappa shape index (κ3) is 45.9. The maximum atomic E-state index is 12.4. The van der Waals surface area contributed by atoms with Crippen molar-refractivity contribution in [3.05, 3.63) is 146 Å². The Hall–Kier alpha value is -4.64. The van der Waals surface area contributed by atoms with Crippen molar-refractivity contribution in [3.63, 3.8) is 0 Å². The number of hydrogen-bond acceptors (Lipinski definition) is 8. The second-order valence-corrected chi connectivity index (χ2v) is 16.6. The molecule has 0 fully saturated rings. The van der Waals surface area contributed by atoms with Gasteiger partial charge in [-0.1, -0.05) is 179 Å². The number of carboxylic acid groups (broad SMARTS) is 1. The van der Waals surface area contributed by atoms with E-state index < -0.39 is 57.6 Å². The summed E-state index contributed by atoms with van der Waals surface area (Å²) >= 11 is 0. The van der Waals surface area contributed by atoms with Gasteiger partial charge in [0.1, 0.15) is 12.7 Å². The second-order valence-electron chi connectivity index (χ2n) is 15.2. The van der Waals surface area contributed by atoms with Crippen LogP contribution in [0.5, 0.6) is 0 Å². The average molecular weight is 936 g/mol. The molecular weight excluding hydrogens is 854 g/mol. The van der Waals surface area contributed by atoms with Gasteiger partial charge in [0.25, 0.3) is 0 Å². The van der Waals surface area contributed by atoms with Gasteiger partial charge in [-0.05, 0) is 96.3 Å². The van der Waals surface area contributed by atoms with Crippen LogP contribution >= 0.6 is 7.82 Å². The monoisotopic (exact) mass is 936 g/mol. The molecule has 0 aliphatic rings. The molecule has 0 heterocycles. The van der Waals surface area contributed by atoms with Crippen LogP contribution in [0.2, 0.25) is 0 Å². The third-order valence-electron chi connectivity index (χ3n) is 9.16. The Balaban J connectivity index is 4.05. The highest BCUT2D eigenvalue weighted by Crippen LogP contribution is 2.43. The summed E-state index contributed by atoms with van der Waals surface area (Å²) in [5.41, 5.74) is 0. The molecule has 0 bridgehead atoms. The van der Waals surface area contributed by atoms with Crippen LogP contribution < -0.4 is 5.32 Å². The fraction of sp³-hybridized carbons (Fsp3) is 0.500. The number of phosphoric ester groups is 1. The molecule has 0 aromatic rings. The summed E-state index contributed by atoms with van der Waals surface area (Å²) in [6.07, 6.45) is 66.0. The molecule has 0 aromatic heterocycles. The van der Waals surface area contributed by atoms with Crippen LogP contribution in [-0.2, 0) is 32.7 Å². The third-order valence-corrected chi connectivity index (χ3v) is 10.1. The summed E-state index contributed by atoms with van der Waals surface area (Å²) in [5, 5.41) is 21.9. The number of amides is 1. The zero-order chi connectivity index (χ0) is 48.4. The van der Waals surface area contributed by atoms with E-state index in [1.165, 1.54) is 0 Å². The van der Waals surface area contributed by atoms with Crippen LogP contribution in [0.15, 0.2) is 146 Å². The lowest BCUT2D eigenvalue weighted by Gasteiger charge is -2.18. The molecule has 0 saturated heterocycles. The molecule has 0 aliphatic carbocycles. The smallest absolute Gasteiger partial charge is 0.472 e. The number of carboxylic acids is 1. The molecule has 66 heavy (non-hydrogen) atoms. The van der Waals surface area contributed by atoms with E-state index >= 15 is 0 Å². The zero-order valence-electron chi connectivity index (χ0n) is 39.9. The summed E-state index contributed by atoms with van der Waals surface area (Å²) in [6, 6.07) is -1.58. The SMILES string of the molecule is CC/C=C\C/C=C\C/C=C\C/C=C\C/C=C\C/C=C\C/C=C\CC(=O)OCC(O)COP(=O)(O)OCC(NC(=O)CCCCCCC/C=C\C/C=C\C/C=C\C/C=C\C/C=C\CC)C(=O)O. The van der Waals surface area contributed by atoms with Crippen molar-refractivity contribution in [2.45, 2.75) is 154 Å². The Kier molecular flexibility index (Phi) is 43.6. The maximum absolute atomic E-state index is 12.4. The lowest BCUT2D eigenvalue weighted by Crippen LogP contribution is -2.43. The van der Waals surface area contributed by atoms with Crippen LogP contribution in [-0.4, -0.2) is 64.9 Å². The van der Waals surface area contributed by atoms with Crippen LogP contribution in [0.4, 0.5) is 0 Å². The van der Waals surface area contributed by atoms with E-state index in [4.69, 9.17) is 13.8 Å². The van der Waals surface area contributed by atoms with Crippen molar-refractivity contribution in [1.29, 1.82) is 0 Å². The minimum absolute atomic E-state index is 0.0213. The number of nitrogens with one attached hydrogen (secondary N) is 1. The summed E-state index contributed by atoms with van der Waals surface area (Å²) in [7, 11) is -4.80. The molecule has 0 aromatic carbocycles. The first-order chi connectivity index (χ1) is 32.1. The first kappa shape index (κ1) is 61.4. The highest BCUT2D eigenvalue weighted by molar-refractivity contribution is 7.47. The Labute approximate surface area is 397 Å². The molecule has 3 unspecified atom stereocenters. The van der Waals surface area contributed by atoms with Gasteiger partial charge in [-0.2, -0.15) is 0 Å². The van der Waals surface area contributed by atoms with Gasteiger partial charge in [0.05, 0.1) is 19.6 Å². The molecule has 0 aliphatic heterocycles. The quantitative estimate of drug-likeness (QED) is 0.0200. The molecule has 1 amide bonds. The normalized spacial score (nSPS) is 14.8. The number of ether oxygens (including phenoxy) is 1. The Morgan fingerprint density at radius 1 is 0.500 bits per heavy atom. The largest absolute Gasteiger partial charge is 0.480 e. The lowest BCUT2D eigenvalue weighted by molar-refractivity contribution is -0.146. The molecule has 12 heteroatoms. The van der Waals surface area contributed by atoms with Crippen molar-refractivity contribution in [2.24, 2.45) is 0 Å². The highest BCUT2D eigenvalue weighted by atomic mass is 31.2. The summed E-state index contributed by atoms with van der Waals surface area (Å²) in [6.45, 7) is 2.23. The van der Waals surface area contributed by atoms with E-state index in [0.717, 1.165) is 103 Å². The topological polar surface area (TPSA) is 169 Å². The van der Waals surface area contributed by atoms with Gasteiger partial charge in [-0.3, -0.25) is 18.6 Å². The van der Waals surface area contributed by atoms with E-state index in [1.54, 1.807) is 6.08 Å². The number of esters is 1. The number of rotatable bonds is 42. The van der Waals surface area contributed by atoms with Crippen molar-refractivity contribution >= 4 is 25.7 Å². The van der Waals surface area contributed by atoms with Crippen molar-refractivity contribution in [2.75, 3.05) is 19.8 Å². The van der Waals surface area contributed by atoms with E-state index in [1.807, 2.05) is 18.2 Å². The van der Waals surface area contributed by atoms with Gasteiger partial charge in [0.15, 0.2) is 6.04 Å². The predicted octanol–water partition coefficient (Wildman–Crippen LogP) is 13.1. The standard InChI is InChI=1S/C54H82NO10P/c1-3-5-7-9-11-13-15-17-19-21-23-25-27-29-31-33-35-37-39-41-43-45-52(57)55-51(54(59)60)49-65-66(61,62)64-48-50(56)47-63-53(58)46-44-42-40-38-36-34-32-30-28-26-24-22-20-18-16-14-12-10-8-6-4-2/h5-8,11-14,17-20,23-26,29-32,36,38,42,44,50-51,56H,3-4,9-10,15-16,21-22,27-28,33-35,37,39-41,43,45-49H2,1-2H3,(H,55,57)(H,59,60)(H,61,62)/b7-5-,8-6-,13-11-,14-12-,19-17-,20-18-,25-23-,26-24-,31-29-,32-30-,38-36-,44-42-. The van der Waals surface area contributed by atoms with Gasteiger partial charge in [-0.15, -0.1) is 0 Å². The number of aliphatic hydroxyl groups excluding tert-OH is 1. The minimum atomic E-state index is -4.80. The number of carbonyl (C=O) groups is 3. The molecule has 3 atom stereocenters. The number of carbonyl (C=O) groups excluding carboxylic acids is 2. The Morgan fingerprint density at radius 3 is 1.29 bits per heavy atom. The first-order valence-corrected chi connectivity index (χ1v) is 25.4. The molecule has 0 radical (unpaired) electrons. The Morgan fingerprint density at radius 2 is 0.864 bits per heavy atom. The van der Waals surface area contributed by atoms with Crippen LogP contribution in [0.1, 0.15) is 142 Å². The van der Waals surface area contributed by atoms with Crippen LogP contribution in [0, 0.1) is 0 Å². The van der Waals surface area contributed by atoms with Crippen LogP contribution in [0.3, 0.4) is 0 Å². The number of aliphatic hydroxyl groups is 1. The summed E-state index contributed by atoms with van der Waals surface area (Å²) < 4.78 is 26.8. The molecule has 4 N–H and O–H groups in total. The summed E-state index contributed by atoms with van der Waals surface area (Å²) in [4.78, 5) is 46.0. The fourth-order valence-electron chi connectivity index (χ4n) is 5.54. The molecule has 368 valence electrons. The van der Waals surface area contributed by atoms with E-state index in [0.29, 0.717) is 12.8 Å².